The molecule has 0 aliphatic carbocycles. The Hall–Kier alpha value is -3.95. The monoisotopic (exact) mass is 604 g/mol. The van der Waals surface area contributed by atoms with E-state index in [0.717, 1.165) is 67.9 Å². The summed E-state index contributed by atoms with van der Waals surface area (Å²) < 4.78 is 11.1. The first-order chi connectivity index (χ1) is 20.8. The number of amides is 2. The Labute approximate surface area is 260 Å². The number of H-pyrrole nitrogens is 1. The van der Waals surface area contributed by atoms with E-state index in [-0.39, 0.29) is 12.2 Å². The van der Waals surface area contributed by atoms with Gasteiger partial charge in [-0.1, -0.05) is 6.07 Å². The van der Waals surface area contributed by atoms with Gasteiger partial charge in [0.15, 0.2) is 0 Å². The van der Waals surface area contributed by atoms with Gasteiger partial charge in [-0.05, 0) is 103 Å². The molecule has 5 rings (SSSR count). The topological polar surface area (TPSA) is 112 Å². The van der Waals surface area contributed by atoms with Gasteiger partial charge in [-0.2, -0.15) is 0 Å². The standard InChI is InChI=1S/C34H48N6O4/c1-33(2,3)43-31(41)39-13-9-23(10-14-39)19-36-26-17-27(21-35-20-26)38-25-7-8-28-29(22-37-30(28)18-25)24-11-15-40(16-12-24)32(42)44-34(4,5)6/h7-8,17-18,20-24,36-38H,9-16,19H2,1-6H3. The Balaban J connectivity index is 1.12. The van der Waals surface area contributed by atoms with E-state index in [1.54, 1.807) is 0 Å². The molecule has 0 saturated carbocycles. The van der Waals surface area contributed by atoms with Gasteiger partial charge in [-0.15, -0.1) is 0 Å². The van der Waals surface area contributed by atoms with Crippen molar-refractivity contribution in [3.8, 4) is 0 Å². The molecule has 0 spiro atoms. The van der Waals surface area contributed by atoms with Crippen molar-refractivity contribution in [3.05, 3.63) is 48.4 Å². The number of benzene rings is 1. The Bertz CT molecular complexity index is 1440. The lowest BCUT2D eigenvalue weighted by Crippen LogP contribution is -2.42. The summed E-state index contributed by atoms with van der Waals surface area (Å²) in [6.07, 6.45) is 9.06. The fourth-order valence-electron chi connectivity index (χ4n) is 5.94. The highest BCUT2D eigenvalue weighted by Crippen LogP contribution is 2.35. The van der Waals surface area contributed by atoms with Gasteiger partial charge in [0.1, 0.15) is 11.2 Å². The van der Waals surface area contributed by atoms with Crippen molar-refractivity contribution >= 4 is 40.2 Å². The van der Waals surface area contributed by atoms with Gasteiger partial charge in [0.25, 0.3) is 0 Å². The molecule has 2 aliphatic heterocycles. The molecular formula is C34H48N6O4. The summed E-state index contributed by atoms with van der Waals surface area (Å²) >= 11 is 0. The van der Waals surface area contributed by atoms with Gasteiger partial charge >= 0.3 is 12.2 Å². The molecule has 4 heterocycles. The summed E-state index contributed by atoms with van der Waals surface area (Å²) in [6.45, 7) is 15.1. The number of carbonyl (C=O) groups is 2. The van der Waals surface area contributed by atoms with Crippen molar-refractivity contribution in [1.82, 2.24) is 19.8 Å². The van der Waals surface area contributed by atoms with Crippen molar-refractivity contribution < 1.29 is 19.1 Å². The smallest absolute Gasteiger partial charge is 0.410 e. The van der Waals surface area contributed by atoms with Crippen molar-refractivity contribution in [2.45, 2.75) is 84.3 Å². The molecule has 2 aromatic heterocycles. The van der Waals surface area contributed by atoms with E-state index in [0.29, 0.717) is 24.9 Å². The number of fused-ring (bicyclic) bond motifs is 1. The second kappa shape index (κ2) is 13.0. The third-order valence-electron chi connectivity index (χ3n) is 8.19. The maximum absolute atomic E-state index is 12.5. The SMILES string of the molecule is CC(C)(C)OC(=O)N1CCC(CNc2cncc(Nc3ccc4c(C5CCN(C(=O)OC(C)(C)C)CC5)c[nH]c4c3)c2)CC1. The zero-order valence-corrected chi connectivity index (χ0v) is 27.0. The summed E-state index contributed by atoms with van der Waals surface area (Å²) in [5.41, 5.74) is 4.30. The maximum atomic E-state index is 12.5. The van der Waals surface area contributed by atoms with Gasteiger partial charge in [-0.25, -0.2) is 9.59 Å². The molecule has 3 aromatic rings. The number of nitrogens with one attached hydrogen (secondary N) is 3. The van der Waals surface area contributed by atoms with Crippen LogP contribution in [-0.2, 0) is 9.47 Å². The lowest BCUT2D eigenvalue weighted by molar-refractivity contribution is 0.0183. The van der Waals surface area contributed by atoms with Crippen LogP contribution in [0.2, 0.25) is 0 Å². The van der Waals surface area contributed by atoms with Crippen LogP contribution in [0.15, 0.2) is 42.9 Å². The van der Waals surface area contributed by atoms with Crippen LogP contribution >= 0.6 is 0 Å². The van der Waals surface area contributed by atoms with Crippen LogP contribution in [0.5, 0.6) is 0 Å². The van der Waals surface area contributed by atoms with E-state index in [2.05, 4.69) is 51.1 Å². The van der Waals surface area contributed by atoms with E-state index in [4.69, 9.17) is 9.47 Å². The fourth-order valence-corrected chi connectivity index (χ4v) is 5.94. The lowest BCUT2D eigenvalue weighted by atomic mass is 9.89. The van der Waals surface area contributed by atoms with E-state index < -0.39 is 11.2 Å². The number of rotatable bonds is 6. The molecule has 2 amide bonds. The van der Waals surface area contributed by atoms with Crippen molar-refractivity contribution in [1.29, 1.82) is 0 Å². The Morgan fingerprint density at radius 3 is 2.05 bits per heavy atom. The Morgan fingerprint density at radius 2 is 1.43 bits per heavy atom. The summed E-state index contributed by atoms with van der Waals surface area (Å²) in [5.74, 6) is 0.886. The number of aromatic amines is 1. The van der Waals surface area contributed by atoms with Gasteiger partial charge in [0.05, 0.1) is 23.8 Å². The zero-order chi connectivity index (χ0) is 31.5. The van der Waals surface area contributed by atoms with Gasteiger partial charge in [0, 0.05) is 55.5 Å². The normalized spacial score (nSPS) is 17.0. The maximum Gasteiger partial charge on any atom is 0.410 e. The van der Waals surface area contributed by atoms with Crippen LogP contribution in [0.3, 0.4) is 0 Å². The van der Waals surface area contributed by atoms with E-state index in [9.17, 15) is 9.59 Å². The Kier molecular flexibility index (Phi) is 9.27. The molecule has 3 N–H and O–H groups in total. The molecule has 238 valence electrons. The minimum atomic E-state index is -0.478. The molecule has 1 aromatic carbocycles. The number of carbonyl (C=O) groups excluding carboxylic acids is 2. The predicted molar refractivity (Wildman–Crippen MR) is 175 cm³/mol. The number of hydrogen-bond donors (Lipinski definition) is 3. The highest BCUT2D eigenvalue weighted by Gasteiger charge is 2.29. The number of nitrogens with zero attached hydrogens (tertiary/aromatic N) is 3. The van der Waals surface area contributed by atoms with E-state index in [1.165, 1.54) is 10.9 Å². The fraction of sp³-hybridized carbons (Fsp3) is 0.559. The largest absolute Gasteiger partial charge is 0.444 e. The zero-order valence-electron chi connectivity index (χ0n) is 27.0. The number of aromatic nitrogens is 2. The van der Waals surface area contributed by atoms with Crippen LogP contribution in [0.4, 0.5) is 26.7 Å². The third-order valence-corrected chi connectivity index (χ3v) is 8.19. The number of hydrogen-bond acceptors (Lipinski definition) is 7. The highest BCUT2D eigenvalue weighted by atomic mass is 16.6. The molecular weight excluding hydrogens is 556 g/mol. The second-order valence-corrected chi connectivity index (χ2v) is 14.1. The average molecular weight is 605 g/mol. The van der Waals surface area contributed by atoms with E-state index in [1.807, 2.05) is 63.7 Å². The number of pyridine rings is 1. The van der Waals surface area contributed by atoms with Crippen molar-refractivity contribution in [2.75, 3.05) is 43.4 Å². The third kappa shape index (κ3) is 8.36. The molecule has 0 radical (unpaired) electrons. The molecule has 0 bridgehead atoms. The Morgan fingerprint density at radius 1 is 0.841 bits per heavy atom. The molecule has 2 fully saturated rings. The van der Waals surface area contributed by atoms with Gasteiger partial charge < -0.3 is 34.9 Å². The molecule has 2 aliphatic rings. The lowest BCUT2D eigenvalue weighted by Gasteiger charge is -2.33. The van der Waals surface area contributed by atoms with Crippen LogP contribution in [0, 0.1) is 5.92 Å². The molecule has 0 unspecified atom stereocenters. The van der Waals surface area contributed by atoms with Gasteiger partial charge in [0.2, 0.25) is 0 Å². The minimum Gasteiger partial charge on any atom is -0.444 e. The number of ether oxygens (including phenoxy) is 2. The molecule has 44 heavy (non-hydrogen) atoms. The average Bonchev–Trinajstić information content (AvgIpc) is 3.38. The molecule has 10 nitrogen and oxygen atoms in total. The molecule has 2 saturated heterocycles. The first-order valence-corrected chi connectivity index (χ1v) is 15.9. The molecule has 10 heteroatoms. The van der Waals surface area contributed by atoms with Crippen LogP contribution < -0.4 is 10.6 Å². The first-order valence-electron chi connectivity index (χ1n) is 15.9. The van der Waals surface area contributed by atoms with Crippen LogP contribution in [-0.4, -0.2) is 75.9 Å². The first kappa shape index (κ1) is 31.5. The van der Waals surface area contributed by atoms with Crippen molar-refractivity contribution in [2.24, 2.45) is 5.92 Å². The van der Waals surface area contributed by atoms with Crippen molar-refractivity contribution in [3.63, 3.8) is 0 Å². The summed E-state index contributed by atoms with van der Waals surface area (Å²) in [6, 6.07) is 8.48. The van der Waals surface area contributed by atoms with Gasteiger partial charge in [-0.3, -0.25) is 4.98 Å². The van der Waals surface area contributed by atoms with Crippen LogP contribution in [0.25, 0.3) is 10.9 Å². The number of piperidine rings is 2. The minimum absolute atomic E-state index is 0.221. The number of likely N-dealkylation sites (tertiary alicyclic amines) is 2. The summed E-state index contributed by atoms with van der Waals surface area (Å²) in [7, 11) is 0. The number of anilines is 3. The highest BCUT2D eigenvalue weighted by molar-refractivity contribution is 5.87. The summed E-state index contributed by atoms with van der Waals surface area (Å²) in [4.78, 5) is 36.4. The quantitative estimate of drug-likeness (QED) is 0.267. The summed E-state index contributed by atoms with van der Waals surface area (Å²) in [5, 5.41) is 8.26. The molecule has 0 atom stereocenters. The van der Waals surface area contributed by atoms with E-state index >= 15 is 0 Å². The predicted octanol–water partition coefficient (Wildman–Crippen LogP) is 7.48. The van der Waals surface area contributed by atoms with Crippen LogP contribution in [0.1, 0.15) is 78.7 Å². The second-order valence-electron chi connectivity index (χ2n) is 14.1.